The third-order valence-electron chi connectivity index (χ3n) is 7.18. The van der Waals surface area contributed by atoms with Crippen LogP contribution in [0, 0.1) is 5.92 Å². The molecule has 1 aliphatic carbocycles. The maximum absolute atomic E-state index is 13.5. The van der Waals surface area contributed by atoms with E-state index in [0.29, 0.717) is 10.2 Å². The van der Waals surface area contributed by atoms with E-state index in [9.17, 15) is 14.7 Å². The molecule has 8 nitrogen and oxygen atoms in total. The molecule has 1 heterocycles. The summed E-state index contributed by atoms with van der Waals surface area (Å²) in [5.41, 5.74) is 3.85. The van der Waals surface area contributed by atoms with Crippen LogP contribution in [0.2, 0.25) is 0 Å². The molecule has 0 aromatic heterocycles. The number of hydrogen-bond acceptors (Lipinski definition) is 7. The molecule has 3 aromatic carbocycles. The summed E-state index contributed by atoms with van der Waals surface area (Å²) in [4.78, 5) is 26.2. The van der Waals surface area contributed by atoms with E-state index in [2.05, 4.69) is 22.0 Å². The highest BCUT2D eigenvalue weighted by molar-refractivity contribution is 9.10. The number of carbonyl (C=O) groups excluding carboxylic acids is 2. The zero-order chi connectivity index (χ0) is 28.2. The standard InChI is InChI=1S/C31H29BrN2O6/c1-38-23-11-6-19(7-12-23)16-21-4-3-5-25-29(21)33-34(30(25)20-8-13-24(39-2)14-9-20)28(36)18-40-31(37)26-17-22(32)10-15-27(26)35/h6-17,25,30,35H,3-5,18H2,1-2H3. The molecule has 1 saturated carbocycles. The van der Waals surface area contributed by atoms with Gasteiger partial charge in [-0.15, -0.1) is 0 Å². The van der Waals surface area contributed by atoms with Gasteiger partial charge < -0.3 is 19.3 Å². The van der Waals surface area contributed by atoms with Crippen molar-refractivity contribution >= 4 is 39.6 Å². The molecule has 9 heteroatoms. The fraction of sp³-hybridized carbons (Fsp3) is 0.258. The fourth-order valence-corrected chi connectivity index (χ4v) is 5.55. The van der Waals surface area contributed by atoms with E-state index in [1.54, 1.807) is 20.3 Å². The number of phenols is 1. The number of esters is 1. The molecule has 2 aliphatic rings. The van der Waals surface area contributed by atoms with Crippen LogP contribution in [-0.4, -0.2) is 48.5 Å². The van der Waals surface area contributed by atoms with E-state index in [1.165, 1.54) is 17.1 Å². The molecule has 0 radical (unpaired) electrons. The Morgan fingerprint density at radius 2 is 1.70 bits per heavy atom. The van der Waals surface area contributed by atoms with Gasteiger partial charge in [0.1, 0.15) is 22.8 Å². The predicted octanol–water partition coefficient (Wildman–Crippen LogP) is 6.15. The molecule has 206 valence electrons. The maximum atomic E-state index is 13.5. The summed E-state index contributed by atoms with van der Waals surface area (Å²) in [5.74, 6) is 0.0148. The van der Waals surface area contributed by atoms with E-state index in [-0.39, 0.29) is 23.3 Å². The van der Waals surface area contributed by atoms with Crippen LogP contribution in [0.1, 0.15) is 46.8 Å². The normalized spacial score (nSPS) is 19.1. The molecule has 0 spiro atoms. The second-order valence-corrected chi connectivity index (χ2v) is 10.5. The van der Waals surface area contributed by atoms with Crippen LogP contribution < -0.4 is 9.47 Å². The Kier molecular flexibility index (Phi) is 8.21. The Balaban J connectivity index is 1.44. The van der Waals surface area contributed by atoms with Crippen molar-refractivity contribution in [1.82, 2.24) is 5.01 Å². The number of carbonyl (C=O) groups is 2. The van der Waals surface area contributed by atoms with Crippen molar-refractivity contribution in [3.8, 4) is 17.2 Å². The number of aromatic hydroxyl groups is 1. The Morgan fingerprint density at radius 3 is 2.38 bits per heavy atom. The van der Waals surface area contributed by atoms with Gasteiger partial charge in [-0.1, -0.05) is 40.2 Å². The van der Waals surface area contributed by atoms with Gasteiger partial charge in [0.2, 0.25) is 0 Å². The fourth-order valence-electron chi connectivity index (χ4n) is 5.19. The lowest BCUT2D eigenvalue weighted by Gasteiger charge is -2.29. The zero-order valence-electron chi connectivity index (χ0n) is 22.2. The highest BCUT2D eigenvalue weighted by Crippen LogP contribution is 2.44. The Hall–Kier alpha value is -4.11. The van der Waals surface area contributed by atoms with Crippen LogP contribution in [0.4, 0.5) is 0 Å². The summed E-state index contributed by atoms with van der Waals surface area (Å²) >= 11 is 3.28. The zero-order valence-corrected chi connectivity index (χ0v) is 23.8. The molecule has 1 fully saturated rings. The average molecular weight is 605 g/mol. The number of halogens is 1. The van der Waals surface area contributed by atoms with Crippen LogP contribution in [0.5, 0.6) is 17.2 Å². The number of allylic oxidation sites excluding steroid dienone is 1. The average Bonchev–Trinajstić information content (AvgIpc) is 3.38. The monoisotopic (exact) mass is 604 g/mol. The first kappa shape index (κ1) is 27.5. The van der Waals surface area contributed by atoms with Crippen molar-refractivity contribution in [3.05, 3.63) is 93.5 Å². The molecule has 1 amide bonds. The van der Waals surface area contributed by atoms with Gasteiger partial charge in [0.15, 0.2) is 6.61 Å². The number of methoxy groups -OCH3 is 2. The smallest absolute Gasteiger partial charge is 0.342 e. The lowest BCUT2D eigenvalue weighted by molar-refractivity contribution is -0.137. The molecule has 1 aliphatic heterocycles. The van der Waals surface area contributed by atoms with Gasteiger partial charge in [0.25, 0.3) is 5.91 Å². The Labute approximate surface area is 241 Å². The van der Waals surface area contributed by atoms with Crippen LogP contribution >= 0.6 is 15.9 Å². The summed E-state index contributed by atoms with van der Waals surface area (Å²) in [6.45, 7) is -0.515. The molecule has 40 heavy (non-hydrogen) atoms. The topological polar surface area (TPSA) is 97.7 Å². The molecule has 0 bridgehead atoms. The summed E-state index contributed by atoms with van der Waals surface area (Å²) in [6, 6.07) is 19.5. The number of nitrogens with zero attached hydrogens (tertiary/aromatic N) is 2. The molecule has 0 saturated heterocycles. The molecule has 2 unspecified atom stereocenters. The van der Waals surface area contributed by atoms with Crippen molar-refractivity contribution < 1.29 is 28.9 Å². The van der Waals surface area contributed by atoms with Gasteiger partial charge >= 0.3 is 5.97 Å². The van der Waals surface area contributed by atoms with E-state index >= 15 is 0 Å². The molecule has 5 rings (SSSR count). The largest absolute Gasteiger partial charge is 0.507 e. The van der Waals surface area contributed by atoms with Crippen LogP contribution in [-0.2, 0) is 9.53 Å². The SMILES string of the molecule is COc1ccc(C=C2CCCC3C2=NN(C(=O)COC(=O)c2cc(Br)ccc2O)C3c2ccc(OC)cc2)cc1. The van der Waals surface area contributed by atoms with Gasteiger partial charge in [-0.05, 0) is 84.5 Å². The van der Waals surface area contributed by atoms with Gasteiger partial charge in [0, 0.05) is 10.4 Å². The van der Waals surface area contributed by atoms with Crippen molar-refractivity contribution in [2.45, 2.75) is 25.3 Å². The van der Waals surface area contributed by atoms with Gasteiger partial charge in [0.05, 0.1) is 26.0 Å². The summed E-state index contributed by atoms with van der Waals surface area (Å²) in [6.07, 6.45) is 4.78. The summed E-state index contributed by atoms with van der Waals surface area (Å²) < 4.78 is 16.5. The number of ether oxygens (including phenoxy) is 3. The first-order valence-corrected chi connectivity index (χ1v) is 13.7. The summed E-state index contributed by atoms with van der Waals surface area (Å²) in [5, 5.41) is 16.4. The predicted molar refractivity (Wildman–Crippen MR) is 154 cm³/mol. The number of benzene rings is 3. The molecule has 3 aromatic rings. The number of fused-ring (bicyclic) bond motifs is 1. The third-order valence-corrected chi connectivity index (χ3v) is 7.67. The molecular formula is C31H29BrN2O6. The van der Waals surface area contributed by atoms with E-state index < -0.39 is 18.5 Å². The Bertz CT molecular complexity index is 1470. The minimum Gasteiger partial charge on any atom is -0.507 e. The first-order valence-electron chi connectivity index (χ1n) is 12.9. The van der Waals surface area contributed by atoms with Crippen molar-refractivity contribution in [3.63, 3.8) is 0 Å². The number of hydrazone groups is 1. The van der Waals surface area contributed by atoms with Gasteiger partial charge in [-0.2, -0.15) is 5.10 Å². The summed E-state index contributed by atoms with van der Waals surface area (Å²) in [7, 11) is 3.24. The van der Waals surface area contributed by atoms with E-state index in [1.807, 2.05) is 48.5 Å². The second kappa shape index (κ2) is 12.0. The maximum Gasteiger partial charge on any atom is 0.342 e. The number of rotatable bonds is 7. The molecule has 1 N–H and O–H groups in total. The van der Waals surface area contributed by atoms with E-state index in [0.717, 1.165) is 47.4 Å². The van der Waals surface area contributed by atoms with Crippen LogP contribution in [0.15, 0.2) is 81.9 Å². The van der Waals surface area contributed by atoms with Gasteiger partial charge in [-0.25, -0.2) is 9.80 Å². The van der Waals surface area contributed by atoms with Crippen molar-refractivity contribution in [2.24, 2.45) is 11.0 Å². The van der Waals surface area contributed by atoms with Crippen LogP contribution in [0.25, 0.3) is 6.08 Å². The highest BCUT2D eigenvalue weighted by atomic mass is 79.9. The first-order chi connectivity index (χ1) is 19.4. The minimum atomic E-state index is -0.794. The van der Waals surface area contributed by atoms with Crippen molar-refractivity contribution in [2.75, 3.05) is 20.8 Å². The third kappa shape index (κ3) is 5.74. The van der Waals surface area contributed by atoms with Gasteiger partial charge in [-0.3, -0.25) is 4.79 Å². The quantitative estimate of drug-likeness (QED) is 0.325. The minimum absolute atomic E-state index is 0.0135. The lowest BCUT2D eigenvalue weighted by atomic mass is 9.77. The van der Waals surface area contributed by atoms with Crippen molar-refractivity contribution in [1.29, 1.82) is 0 Å². The highest BCUT2D eigenvalue weighted by Gasteiger charge is 2.44. The second-order valence-electron chi connectivity index (χ2n) is 9.62. The number of phenolic OH excluding ortho intramolecular Hbond substituents is 1. The Morgan fingerprint density at radius 1 is 1.02 bits per heavy atom. The molecular weight excluding hydrogens is 576 g/mol. The van der Waals surface area contributed by atoms with Crippen LogP contribution in [0.3, 0.4) is 0 Å². The van der Waals surface area contributed by atoms with E-state index in [4.69, 9.17) is 19.3 Å². The molecule has 2 atom stereocenters. The lowest BCUT2D eigenvalue weighted by Crippen LogP contribution is -2.34. The number of amides is 1. The number of hydrogen-bond donors (Lipinski definition) is 1.